The fourth-order valence-electron chi connectivity index (χ4n) is 11.0. The van der Waals surface area contributed by atoms with Gasteiger partial charge >= 0.3 is 5.97 Å². The second kappa shape index (κ2) is 20.3. The molecule has 7 rings (SSSR count). The summed E-state index contributed by atoms with van der Waals surface area (Å²) in [6.45, 7) is 16.4. The van der Waals surface area contributed by atoms with Gasteiger partial charge < -0.3 is 62.9 Å². The first-order chi connectivity index (χ1) is 30.0. The third-order valence-corrected chi connectivity index (χ3v) is 14.9. The molecule has 7 aliphatic rings. The van der Waals surface area contributed by atoms with Crippen molar-refractivity contribution in [1.82, 2.24) is 5.32 Å². The first kappa shape index (κ1) is 48.6. The summed E-state index contributed by atoms with van der Waals surface area (Å²) in [7, 11) is 5.30. The zero-order chi connectivity index (χ0) is 45.4. The molecule has 0 amide bonds. The number of aliphatic hydroxyl groups excluding tert-OH is 1. The number of allylic oxidation sites excluding steroid dienone is 2. The number of aliphatic hydroxyl groups is 2. The molecule has 3 N–H and O–H groups in total. The van der Waals surface area contributed by atoms with E-state index in [0.29, 0.717) is 43.3 Å². The number of hydrogen-bond acceptors (Lipinski definition) is 14. The highest BCUT2D eigenvalue weighted by atomic mass is 16.7. The lowest BCUT2D eigenvalue weighted by Gasteiger charge is -2.48. The van der Waals surface area contributed by atoms with Gasteiger partial charge in [-0.2, -0.15) is 0 Å². The Labute approximate surface area is 374 Å². The molecule has 20 atom stereocenters. The number of ether oxygens (including phenoxy) is 10. The maximum atomic E-state index is 14.4. The second-order valence-corrected chi connectivity index (χ2v) is 19.3. The van der Waals surface area contributed by atoms with E-state index in [1.165, 1.54) is 0 Å². The predicted octanol–water partition coefficient (Wildman–Crippen LogP) is 5.60. The molecule has 4 fully saturated rings. The number of fused-ring (bicyclic) bond motifs is 2. The SMILES string of the molecule is CCC(C)C1OC2(C=CC1C)CC1CC(C/C=C(/C)C(OC3CC(OC)C(OC4CC(OC)C(NC)C(C)O4)C(C)O3)C(C)/C=C\C=C3\COC4C(O)C(C)=CC(C(=O)O1)C34O)O2. The standard InChI is InChI=1S/C49H75NO13/c1-12-26(2)44-29(5)18-19-48(63-44)24-35-21-34(62-48)17-16-28(4)43(27(3)14-13-15-33-25-56-46-42(51)30(6)20-36(47(52)59-35)49(33,46)53)60-40-23-38(55-11)45(32(8)58-40)61-39-22-37(54-10)41(50-9)31(7)57-39/h13-16,18-20,26-27,29,31-32,34-46,50-51,53H,12,17,21-25H2,1-11H3/b14-13-,28-16-,33-15-. The molecule has 1 spiro atoms. The molecule has 0 radical (unpaired) electrons. The van der Waals surface area contributed by atoms with Crippen LogP contribution in [0.15, 0.2) is 59.3 Å². The van der Waals surface area contributed by atoms with Crippen molar-refractivity contribution >= 4 is 5.97 Å². The van der Waals surface area contributed by atoms with Crippen LogP contribution < -0.4 is 5.32 Å². The molecule has 0 aromatic rings. The van der Waals surface area contributed by atoms with Gasteiger partial charge in [-0.3, -0.25) is 4.79 Å². The summed E-state index contributed by atoms with van der Waals surface area (Å²) >= 11 is 0. The average molecular weight is 886 g/mol. The topological polar surface area (TPSA) is 162 Å². The number of hydrogen-bond donors (Lipinski definition) is 3. The third kappa shape index (κ3) is 10.0. The summed E-state index contributed by atoms with van der Waals surface area (Å²) in [6.07, 6.45) is 10.7. The smallest absolute Gasteiger partial charge is 0.316 e. The summed E-state index contributed by atoms with van der Waals surface area (Å²) in [5, 5.41) is 27.1. The summed E-state index contributed by atoms with van der Waals surface area (Å²) in [5.41, 5.74) is 0.180. The van der Waals surface area contributed by atoms with Gasteiger partial charge in [0.05, 0.1) is 55.4 Å². The Hall–Kier alpha value is -2.31. The lowest BCUT2D eigenvalue weighted by Crippen LogP contribution is -2.58. The van der Waals surface area contributed by atoms with E-state index >= 15 is 0 Å². The van der Waals surface area contributed by atoms with Gasteiger partial charge in [0.25, 0.3) is 0 Å². The van der Waals surface area contributed by atoms with E-state index in [4.69, 9.17) is 47.4 Å². The second-order valence-electron chi connectivity index (χ2n) is 19.3. The van der Waals surface area contributed by atoms with Crippen LogP contribution in [-0.2, 0) is 52.2 Å². The number of carbonyl (C=O) groups is 1. The van der Waals surface area contributed by atoms with Crippen LogP contribution in [0.4, 0.5) is 0 Å². The molecule has 2 bridgehead atoms. The molecule has 6 heterocycles. The van der Waals surface area contributed by atoms with Crippen LogP contribution in [-0.4, -0.2) is 141 Å². The largest absolute Gasteiger partial charge is 0.462 e. The van der Waals surface area contributed by atoms with Crippen LogP contribution in [0.25, 0.3) is 0 Å². The Kier molecular flexibility index (Phi) is 15.7. The van der Waals surface area contributed by atoms with Gasteiger partial charge in [0, 0.05) is 51.7 Å². The van der Waals surface area contributed by atoms with E-state index in [0.717, 1.165) is 12.0 Å². The van der Waals surface area contributed by atoms with E-state index in [1.54, 1.807) is 33.3 Å². The van der Waals surface area contributed by atoms with Crippen molar-refractivity contribution in [3.63, 3.8) is 0 Å². The summed E-state index contributed by atoms with van der Waals surface area (Å²) in [5.74, 6) is -2.51. The van der Waals surface area contributed by atoms with Gasteiger partial charge in [-0.1, -0.05) is 70.6 Å². The van der Waals surface area contributed by atoms with Gasteiger partial charge in [0.2, 0.25) is 0 Å². The quantitative estimate of drug-likeness (QED) is 0.194. The van der Waals surface area contributed by atoms with Crippen LogP contribution >= 0.6 is 0 Å². The van der Waals surface area contributed by atoms with Crippen molar-refractivity contribution in [1.29, 1.82) is 0 Å². The minimum Gasteiger partial charge on any atom is -0.462 e. The lowest BCUT2D eigenvalue weighted by atomic mass is 9.71. The number of carbonyl (C=O) groups excluding carboxylic acids is 1. The molecule has 0 aromatic heterocycles. The molecule has 14 nitrogen and oxygen atoms in total. The Bertz CT molecular complexity index is 1750. The van der Waals surface area contributed by atoms with Crippen molar-refractivity contribution in [2.75, 3.05) is 27.9 Å². The number of rotatable bonds is 9. The monoisotopic (exact) mass is 886 g/mol. The lowest BCUT2D eigenvalue weighted by molar-refractivity contribution is -0.312. The van der Waals surface area contributed by atoms with Gasteiger partial charge in [0.1, 0.15) is 35.9 Å². The van der Waals surface area contributed by atoms with Gasteiger partial charge in [-0.25, -0.2) is 0 Å². The zero-order valence-corrected chi connectivity index (χ0v) is 39.3. The van der Waals surface area contributed by atoms with Gasteiger partial charge in [-0.05, 0) is 69.9 Å². The number of methoxy groups -OCH3 is 2. The fourth-order valence-corrected chi connectivity index (χ4v) is 11.0. The molecule has 0 aromatic carbocycles. The Morgan fingerprint density at radius 1 is 0.921 bits per heavy atom. The summed E-state index contributed by atoms with van der Waals surface area (Å²) in [6, 6.07) is 0.0442. The van der Waals surface area contributed by atoms with Crippen molar-refractivity contribution in [2.24, 2.45) is 23.7 Å². The molecule has 63 heavy (non-hydrogen) atoms. The fraction of sp³-hybridized carbons (Fsp3) is 0.776. The molecule has 354 valence electrons. The van der Waals surface area contributed by atoms with E-state index in [9.17, 15) is 15.0 Å². The van der Waals surface area contributed by atoms with E-state index < -0.39 is 66.4 Å². The minimum absolute atomic E-state index is 0.0411. The summed E-state index contributed by atoms with van der Waals surface area (Å²) in [4.78, 5) is 14.4. The van der Waals surface area contributed by atoms with Gasteiger partial charge in [0.15, 0.2) is 18.4 Å². The normalized spacial score (nSPS) is 48.6. The Morgan fingerprint density at radius 2 is 1.63 bits per heavy atom. The number of nitrogens with one attached hydrogen (secondary N) is 1. The van der Waals surface area contributed by atoms with Crippen molar-refractivity contribution in [3.8, 4) is 0 Å². The highest BCUT2D eigenvalue weighted by Gasteiger charge is 2.60. The molecular formula is C49H75NO13. The van der Waals surface area contributed by atoms with Gasteiger partial charge in [-0.15, -0.1) is 0 Å². The van der Waals surface area contributed by atoms with Crippen LogP contribution in [0.5, 0.6) is 0 Å². The van der Waals surface area contributed by atoms with E-state index in [1.807, 2.05) is 39.1 Å². The van der Waals surface area contributed by atoms with Crippen molar-refractivity contribution < 1.29 is 62.4 Å². The molecule has 20 unspecified atom stereocenters. The molecule has 1 aliphatic carbocycles. The third-order valence-electron chi connectivity index (χ3n) is 14.9. The highest BCUT2D eigenvalue weighted by Crippen LogP contribution is 2.47. The highest BCUT2D eigenvalue weighted by molar-refractivity contribution is 5.78. The molecule has 14 heteroatoms. The Morgan fingerprint density at radius 3 is 2.35 bits per heavy atom. The predicted molar refractivity (Wildman–Crippen MR) is 234 cm³/mol. The molecule has 6 aliphatic heterocycles. The minimum atomic E-state index is -1.83. The zero-order valence-electron chi connectivity index (χ0n) is 39.3. The van der Waals surface area contributed by atoms with Crippen molar-refractivity contribution in [3.05, 3.63) is 59.3 Å². The average Bonchev–Trinajstić information content (AvgIpc) is 3.60. The van der Waals surface area contributed by atoms with E-state index in [-0.39, 0.29) is 67.0 Å². The van der Waals surface area contributed by atoms with Crippen LogP contribution in [0.1, 0.15) is 93.9 Å². The molecular weight excluding hydrogens is 811 g/mol. The summed E-state index contributed by atoms with van der Waals surface area (Å²) < 4.78 is 64.6. The molecule has 0 saturated carbocycles. The van der Waals surface area contributed by atoms with E-state index in [2.05, 4.69) is 52.1 Å². The van der Waals surface area contributed by atoms with Crippen LogP contribution in [0.3, 0.4) is 0 Å². The first-order valence-electron chi connectivity index (χ1n) is 23.4. The number of likely N-dealkylation sites (N-methyl/N-ethyl adjacent to an activating group) is 1. The van der Waals surface area contributed by atoms with Crippen molar-refractivity contribution in [2.45, 2.75) is 191 Å². The Balaban J connectivity index is 1.18. The van der Waals surface area contributed by atoms with Crippen LogP contribution in [0, 0.1) is 23.7 Å². The maximum absolute atomic E-state index is 14.4. The van der Waals surface area contributed by atoms with Crippen LogP contribution in [0.2, 0.25) is 0 Å². The maximum Gasteiger partial charge on any atom is 0.316 e. The number of esters is 1. The molecule has 4 saturated heterocycles. The first-order valence-corrected chi connectivity index (χ1v) is 23.4.